The summed E-state index contributed by atoms with van der Waals surface area (Å²) in [5.41, 5.74) is 1.44. The van der Waals surface area contributed by atoms with E-state index >= 15 is 0 Å². The first-order valence-electron chi connectivity index (χ1n) is 6.45. The molecule has 1 aromatic heterocycles. The lowest BCUT2D eigenvalue weighted by molar-refractivity contribution is -0.129. The maximum Gasteiger partial charge on any atom is 0.228 e. The lowest BCUT2D eigenvalue weighted by Crippen LogP contribution is -2.30. The van der Waals surface area contributed by atoms with Crippen molar-refractivity contribution in [3.05, 3.63) is 30.0 Å². The number of benzene rings is 1. The minimum Gasteiger partial charge on any atom is -0.356 e. The molecule has 3 rings (SSSR count). The summed E-state index contributed by atoms with van der Waals surface area (Å²) in [4.78, 5) is 14.1. The fourth-order valence-electron chi connectivity index (χ4n) is 2.51. The highest BCUT2D eigenvalue weighted by Gasteiger charge is 2.26. The summed E-state index contributed by atoms with van der Waals surface area (Å²) in [6, 6.07) is 7.60. The predicted octanol–water partition coefficient (Wildman–Crippen LogP) is 2.46. The highest BCUT2D eigenvalue weighted by molar-refractivity contribution is 6.18. The van der Waals surface area contributed by atoms with Crippen LogP contribution in [0, 0.1) is 5.92 Å². The Bertz CT molecular complexity index is 596. The van der Waals surface area contributed by atoms with E-state index in [1.165, 1.54) is 0 Å². The quantitative estimate of drug-likeness (QED) is 0.810. The van der Waals surface area contributed by atoms with Crippen LogP contribution in [-0.4, -0.2) is 34.9 Å². The Morgan fingerprint density at radius 3 is 3.11 bits per heavy atom. The molecule has 0 saturated carbocycles. The van der Waals surface area contributed by atoms with Crippen LogP contribution in [0.3, 0.4) is 0 Å². The van der Waals surface area contributed by atoms with E-state index in [4.69, 9.17) is 16.1 Å². The second kappa shape index (κ2) is 5.21. The molecule has 2 aromatic rings. The Labute approximate surface area is 116 Å². The molecule has 1 fully saturated rings. The van der Waals surface area contributed by atoms with E-state index in [0.717, 1.165) is 36.2 Å². The van der Waals surface area contributed by atoms with Crippen molar-refractivity contribution >= 4 is 28.5 Å². The van der Waals surface area contributed by atoms with Crippen LogP contribution < -0.4 is 0 Å². The number of carbonyl (C=O) groups is 1. The predicted molar refractivity (Wildman–Crippen MR) is 73.1 cm³/mol. The van der Waals surface area contributed by atoms with Gasteiger partial charge in [0.1, 0.15) is 5.69 Å². The Balaban J connectivity index is 1.73. The zero-order valence-corrected chi connectivity index (χ0v) is 11.3. The molecule has 1 unspecified atom stereocenters. The smallest absolute Gasteiger partial charge is 0.228 e. The standard InChI is InChI=1S/C14H15ClN2O2/c15-8-10-5-6-17(9-10)14(18)7-12-11-3-1-2-4-13(11)19-16-12/h1-4,10H,5-9H2. The highest BCUT2D eigenvalue weighted by atomic mass is 35.5. The van der Waals surface area contributed by atoms with Crippen molar-refractivity contribution in [3.63, 3.8) is 0 Å². The molecule has 1 aliphatic heterocycles. The highest BCUT2D eigenvalue weighted by Crippen LogP contribution is 2.21. The van der Waals surface area contributed by atoms with Gasteiger partial charge in [-0.15, -0.1) is 11.6 Å². The molecule has 19 heavy (non-hydrogen) atoms. The molecule has 1 saturated heterocycles. The summed E-state index contributed by atoms with van der Waals surface area (Å²) < 4.78 is 5.21. The number of amides is 1. The molecule has 5 heteroatoms. The fraction of sp³-hybridized carbons (Fsp3) is 0.429. The van der Waals surface area contributed by atoms with E-state index in [1.54, 1.807) is 0 Å². The lowest BCUT2D eigenvalue weighted by Gasteiger charge is -2.15. The van der Waals surface area contributed by atoms with Gasteiger partial charge in [0.25, 0.3) is 0 Å². The zero-order chi connectivity index (χ0) is 13.2. The molecule has 1 aromatic carbocycles. The normalized spacial score (nSPS) is 19.2. The van der Waals surface area contributed by atoms with E-state index in [-0.39, 0.29) is 5.91 Å². The van der Waals surface area contributed by atoms with Gasteiger partial charge in [-0.1, -0.05) is 17.3 Å². The molecule has 2 heterocycles. The number of rotatable bonds is 3. The maximum atomic E-state index is 12.2. The first-order chi connectivity index (χ1) is 9.28. The first-order valence-corrected chi connectivity index (χ1v) is 6.98. The van der Waals surface area contributed by atoms with Crippen molar-refractivity contribution in [3.8, 4) is 0 Å². The van der Waals surface area contributed by atoms with Crippen LogP contribution in [0.25, 0.3) is 11.0 Å². The van der Waals surface area contributed by atoms with Gasteiger partial charge in [0.2, 0.25) is 5.91 Å². The van der Waals surface area contributed by atoms with Crippen molar-refractivity contribution in [1.82, 2.24) is 10.1 Å². The third-order valence-corrected chi connectivity index (χ3v) is 4.06. The van der Waals surface area contributed by atoms with Gasteiger partial charge < -0.3 is 9.42 Å². The number of para-hydroxylation sites is 1. The molecule has 1 aliphatic rings. The van der Waals surface area contributed by atoms with Crippen LogP contribution in [0.1, 0.15) is 12.1 Å². The largest absolute Gasteiger partial charge is 0.356 e. The number of carbonyl (C=O) groups excluding carboxylic acids is 1. The van der Waals surface area contributed by atoms with E-state index in [0.29, 0.717) is 18.2 Å². The number of aromatic nitrogens is 1. The molecule has 0 spiro atoms. The van der Waals surface area contributed by atoms with E-state index in [1.807, 2.05) is 29.2 Å². The minimum absolute atomic E-state index is 0.103. The number of halogens is 1. The summed E-state index contributed by atoms with van der Waals surface area (Å²) in [6.45, 7) is 1.56. The molecular formula is C14H15ClN2O2. The maximum absolute atomic E-state index is 12.2. The van der Waals surface area contributed by atoms with Crippen molar-refractivity contribution in [2.75, 3.05) is 19.0 Å². The van der Waals surface area contributed by atoms with Crippen LogP contribution in [-0.2, 0) is 11.2 Å². The average Bonchev–Trinajstić information content (AvgIpc) is 3.06. The summed E-state index contributed by atoms with van der Waals surface area (Å²) in [7, 11) is 0. The van der Waals surface area contributed by atoms with Gasteiger partial charge in [-0.2, -0.15) is 0 Å². The Hall–Kier alpha value is -1.55. The molecule has 4 nitrogen and oxygen atoms in total. The van der Waals surface area contributed by atoms with E-state index in [9.17, 15) is 4.79 Å². The summed E-state index contributed by atoms with van der Waals surface area (Å²) in [6.07, 6.45) is 1.29. The number of alkyl halides is 1. The van der Waals surface area contributed by atoms with Crippen LogP contribution >= 0.6 is 11.6 Å². The van der Waals surface area contributed by atoms with Gasteiger partial charge in [0.15, 0.2) is 5.58 Å². The molecule has 0 bridgehead atoms. The number of likely N-dealkylation sites (tertiary alicyclic amines) is 1. The Kier molecular flexibility index (Phi) is 3.42. The molecule has 100 valence electrons. The van der Waals surface area contributed by atoms with Crippen LogP contribution in [0.5, 0.6) is 0 Å². The van der Waals surface area contributed by atoms with Crippen LogP contribution in [0.15, 0.2) is 28.8 Å². The summed E-state index contributed by atoms with van der Waals surface area (Å²) in [5, 5.41) is 4.92. The molecule has 1 atom stereocenters. The van der Waals surface area contributed by atoms with E-state index < -0.39 is 0 Å². The number of nitrogens with zero attached hydrogens (tertiary/aromatic N) is 2. The van der Waals surface area contributed by atoms with Gasteiger partial charge >= 0.3 is 0 Å². The first kappa shape index (κ1) is 12.5. The lowest BCUT2D eigenvalue weighted by atomic mass is 10.1. The van der Waals surface area contributed by atoms with Crippen molar-refractivity contribution in [2.45, 2.75) is 12.8 Å². The van der Waals surface area contributed by atoms with Gasteiger partial charge in [-0.25, -0.2) is 0 Å². The fourth-order valence-corrected chi connectivity index (χ4v) is 2.76. The molecule has 0 aliphatic carbocycles. The number of hydrogen-bond acceptors (Lipinski definition) is 3. The zero-order valence-electron chi connectivity index (χ0n) is 10.5. The van der Waals surface area contributed by atoms with Crippen LogP contribution in [0.4, 0.5) is 0 Å². The van der Waals surface area contributed by atoms with Gasteiger partial charge in [0.05, 0.1) is 6.42 Å². The van der Waals surface area contributed by atoms with Crippen LogP contribution in [0.2, 0.25) is 0 Å². The Morgan fingerprint density at radius 2 is 2.32 bits per heavy atom. The SMILES string of the molecule is O=C(Cc1noc2ccccc12)N1CCC(CCl)C1. The molecule has 0 radical (unpaired) electrons. The van der Waals surface area contributed by atoms with E-state index in [2.05, 4.69) is 5.16 Å². The van der Waals surface area contributed by atoms with Crippen molar-refractivity contribution in [1.29, 1.82) is 0 Å². The molecular weight excluding hydrogens is 264 g/mol. The molecule has 1 amide bonds. The van der Waals surface area contributed by atoms with Gasteiger partial charge in [-0.05, 0) is 24.5 Å². The third-order valence-electron chi connectivity index (χ3n) is 3.63. The van der Waals surface area contributed by atoms with Gasteiger partial charge in [0, 0.05) is 24.4 Å². The Morgan fingerprint density at radius 1 is 1.47 bits per heavy atom. The minimum atomic E-state index is 0.103. The third kappa shape index (κ3) is 2.45. The second-order valence-electron chi connectivity index (χ2n) is 4.95. The summed E-state index contributed by atoms with van der Waals surface area (Å²) in [5.74, 6) is 1.16. The summed E-state index contributed by atoms with van der Waals surface area (Å²) >= 11 is 5.83. The number of hydrogen-bond donors (Lipinski definition) is 0. The molecule has 0 N–H and O–H groups in total. The average molecular weight is 279 g/mol. The topological polar surface area (TPSA) is 46.3 Å². The van der Waals surface area contributed by atoms with Gasteiger partial charge in [-0.3, -0.25) is 4.79 Å². The second-order valence-corrected chi connectivity index (χ2v) is 5.26. The number of fused-ring (bicyclic) bond motifs is 1. The van der Waals surface area contributed by atoms with Crippen molar-refractivity contribution < 1.29 is 9.32 Å². The monoisotopic (exact) mass is 278 g/mol. The van der Waals surface area contributed by atoms with Crippen molar-refractivity contribution in [2.24, 2.45) is 5.92 Å².